The lowest BCUT2D eigenvalue weighted by Gasteiger charge is -2.12. The molecule has 0 spiro atoms. The molecule has 0 radical (unpaired) electrons. The lowest BCUT2D eigenvalue weighted by molar-refractivity contribution is 0.0879. The van der Waals surface area contributed by atoms with E-state index in [1.54, 1.807) is 12.1 Å². The van der Waals surface area contributed by atoms with Crippen LogP contribution in [0.1, 0.15) is 17.4 Å². The highest BCUT2D eigenvalue weighted by atomic mass is 32.2. The van der Waals surface area contributed by atoms with Gasteiger partial charge >= 0.3 is 0 Å². The van der Waals surface area contributed by atoms with E-state index in [9.17, 15) is 8.42 Å². The third-order valence-corrected chi connectivity index (χ3v) is 3.92. The summed E-state index contributed by atoms with van der Waals surface area (Å²) >= 11 is 0. The number of nitrogens with one attached hydrogen (secondary N) is 1. The fourth-order valence-corrected chi connectivity index (χ4v) is 2.56. The first kappa shape index (κ1) is 15.5. The highest BCUT2D eigenvalue weighted by Gasteiger charge is 2.16. The predicted molar refractivity (Wildman–Crippen MR) is 80.9 cm³/mol. The molecule has 0 saturated carbocycles. The fraction of sp³-hybridized carbons (Fsp3) is 0.200. The predicted octanol–water partition coefficient (Wildman–Crippen LogP) is 2.56. The minimum Gasteiger partial charge on any atom is -0.467 e. The lowest BCUT2D eigenvalue weighted by Crippen LogP contribution is -2.27. The molecule has 1 N–H and O–H groups in total. The molecular weight excluding hydrogens is 290 g/mol. The van der Waals surface area contributed by atoms with Gasteiger partial charge in [-0.15, -0.1) is 0 Å². The Kier molecular flexibility index (Phi) is 5.32. The Morgan fingerprint density at radius 2 is 2.00 bits per heavy atom. The normalized spacial score (nSPS) is 13.6. The van der Waals surface area contributed by atoms with Crippen LogP contribution in [0.3, 0.4) is 0 Å². The van der Waals surface area contributed by atoms with Gasteiger partial charge in [0.1, 0.15) is 11.9 Å². The Hall–Kier alpha value is -1.89. The van der Waals surface area contributed by atoms with E-state index in [2.05, 4.69) is 4.72 Å². The first-order valence-electron chi connectivity index (χ1n) is 6.40. The molecule has 1 aromatic heterocycles. The molecule has 0 amide bonds. The van der Waals surface area contributed by atoms with Crippen LogP contribution < -0.4 is 4.72 Å². The van der Waals surface area contributed by atoms with Crippen LogP contribution in [-0.4, -0.2) is 22.1 Å². The van der Waals surface area contributed by atoms with Gasteiger partial charge in [0, 0.05) is 19.1 Å². The first-order valence-corrected chi connectivity index (χ1v) is 7.94. The van der Waals surface area contributed by atoms with Gasteiger partial charge in [-0.2, -0.15) is 0 Å². The number of sulfonamides is 1. The molecule has 1 atom stereocenters. The number of rotatable bonds is 7. The van der Waals surface area contributed by atoms with Crippen LogP contribution in [0, 0.1) is 0 Å². The number of hydrogen-bond donors (Lipinski definition) is 1. The maximum absolute atomic E-state index is 11.9. The molecule has 1 aromatic carbocycles. The van der Waals surface area contributed by atoms with Crippen molar-refractivity contribution in [2.24, 2.45) is 0 Å². The van der Waals surface area contributed by atoms with Crippen molar-refractivity contribution < 1.29 is 17.6 Å². The van der Waals surface area contributed by atoms with Crippen molar-refractivity contribution >= 4 is 16.1 Å². The Morgan fingerprint density at radius 1 is 1.24 bits per heavy atom. The van der Waals surface area contributed by atoms with E-state index in [-0.39, 0.29) is 6.54 Å². The average Bonchev–Trinajstić information content (AvgIpc) is 3.01. The number of furan rings is 1. The zero-order valence-electron chi connectivity index (χ0n) is 11.6. The molecular formula is C15H17NO4S. The third kappa shape index (κ3) is 4.86. The van der Waals surface area contributed by atoms with Gasteiger partial charge in [0.2, 0.25) is 10.0 Å². The Bertz CT molecular complexity index is 663. The van der Waals surface area contributed by atoms with E-state index in [0.717, 1.165) is 11.0 Å². The SMILES string of the molecule is COC(CNS(=O)(=O)/C=C/c1ccccc1)c1ccco1. The second-order valence-electron chi connectivity index (χ2n) is 4.35. The summed E-state index contributed by atoms with van der Waals surface area (Å²) in [6.45, 7) is 0.103. The molecule has 1 unspecified atom stereocenters. The molecule has 2 aromatic rings. The Morgan fingerprint density at radius 3 is 2.62 bits per heavy atom. The molecule has 0 aliphatic carbocycles. The van der Waals surface area contributed by atoms with E-state index in [1.807, 2.05) is 30.3 Å². The van der Waals surface area contributed by atoms with E-state index in [4.69, 9.17) is 9.15 Å². The van der Waals surface area contributed by atoms with Crippen LogP contribution in [0.25, 0.3) is 6.08 Å². The average molecular weight is 307 g/mol. The molecule has 0 aliphatic rings. The molecule has 0 aliphatic heterocycles. The molecule has 112 valence electrons. The van der Waals surface area contributed by atoms with Gasteiger partial charge in [-0.3, -0.25) is 0 Å². The summed E-state index contributed by atoms with van der Waals surface area (Å²) in [7, 11) is -2.03. The highest BCUT2D eigenvalue weighted by molar-refractivity contribution is 7.92. The minimum atomic E-state index is -3.53. The van der Waals surface area contributed by atoms with Crippen molar-refractivity contribution in [3.05, 3.63) is 65.5 Å². The van der Waals surface area contributed by atoms with Crippen molar-refractivity contribution in [3.63, 3.8) is 0 Å². The zero-order valence-corrected chi connectivity index (χ0v) is 12.4. The third-order valence-electron chi connectivity index (χ3n) is 2.85. The summed E-state index contributed by atoms with van der Waals surface area (Å²) in [6, 6.07) is 12.7. The van der Waals surface area contributed by atoms with Crippen molar-refractivity contribution in [1.29, 1.82) is 0 Å². The molecule has 5 nitrogen and oxygen atoms in total. The summed E-state index contributed by atoms with van der Waals surface area (Å²) in [5.74, 6) is 0.576. The second kappa shape index (κ2) is 7.21. The summed E-state index contributed by atoms with van der Waals surface area (Å²) < 4.78 is 36.7. The topological polar surface area (TPSA) is 68.5 Å². The van der Waals surface area contributed by atoms with Gasteiger partial charge in [0.15, 0.2) is 0 Å². The summed E-state index contributed by atoms with van der Waals surface area (Å²) in [6.07, 6.45) is 2.60. The summed E-state index contributed by atoms with van der Waals surface area (Å²) in [5, 5.41) is 1.14. The van der Waals surface area contributed by atoms with E-state index in [0.29, 0.717) is 5.76 Å². The van der Waals surface area contributed by atoms with E-state index >= 15 is 0 Å². The molecule has 6 heteroatoms. The second-order valence-corrected chi connectivity index (χ2v) is 6.00. The monoisotopic (exact) mass is 307 g/mol. The molecule has 1 heterocycles. The number of ether oxygens (including phenoxy) is 1. The first-order chi connectivity index (χ1) is 10.1. The van der Waals surface area contributed by atoms with Gasteiger partial charge in [-0.25, -0.2) is 13.1 Å². The van der Waals surface area contributed by atoms with Crippen molar-refractivity contribution in [2.45, 2.75) is 6.10 Å². The van der Waals surface area contributed by atoms with Crippen molar-refractivity contribution in [3.8, 4) is 0 Å². The van der Waals surface area contributed by atoms with Gasteiger partial charge in [-0.05, 0) is 23.8 Å². The lowest BCUT2D eigenvalue weighted by atomic mass is 10.2. The van der Waals surface area contributed by atoms with Crippen LogP contribution >= 0.6 is 0 Å². The fourth-order valence-electron chi connectivity index (χ4n) is 1.75. The van der Waals surface area contributed by atoms with Gasteiger partial charge in [0.05, 0.1) is 6.26 Å². The van der Waals surface area contributed by atoms with E-state index < -0.39 is 16.1 Å². The highest BCUT2D eigenvalue weighted by Crippen LogP contribution is 2.16. The van der Waals surface area contributed by atoms with Crippen LogP contribution in [-0.2, 0) is 14.8 Å². The van der Waals surface area contributed by atoms with Crippen LogP contribution in [0.15, 0.2) is 58.6 Å². The number of methoxy groups -OCH3 is 1. The maximum Gasteiger partial charge on any atom is 0.233 e. The molecule has 0 saturated heterocycles. The largest absolute Gasteiger partial charge is 0.467 e. The molecule has 21 heavy (non-hydrogen) atoms. The van der Waals surface area contributed by atoms with E-state index in [1.165, 1.54) is 19.4 Å². The van der Waals surface area contributed by atoms with Gasteiger partial charge < -0.3 is 9.15 Å². The van der Waals surface area contributed by atoms with Crippen LogP contribution in [0.5, 0.6) is 0 Å². The Balaban J connectivity index is 1.96. The smallest absolute Gasteiger partial charge is 0.233 e. The standard InChI is InChI=1S/C15H17NO4S/c1-19-15(14-8-5-10-20-14)12-16-21(17,18)11-9-13-6-3-2-4-7-13/h2-11,15-16H,12H2,1H3/b11-9+. The minimum absolute atomic E-state index is 0.103. The quantitative estimate of drug-likeness (QED) is 0.853. The molecule has 0 bridgehead atoms. The summed E-state index contributed by atoms with van der Waals surface area (Å²) in [4.78, 5) is 0. The van der Waals surface area contributed by atoms with Crippen LogP contribution in [0.2, 0.25) is 0 Å². The summed E-state index contributed by atoms with van der Waals surface area (Å²) in [5.41, 5.74) is 0.817. The number of benzene rings is 1. The van der Waals surface area contributed by atoms with Crippen molar-refractivity contribution in [2.75, 3.05) is 13.7 Å². The van der Waals surface area contributed by atoms with Gasteiger partial charge in [-0.1, -0.05) is 30.3 Å². The zero-order chi connectivity index (χ0) is 15.1. The van der Waals surface area contributed by atoms with Crippen molar-refractivity contribution in [1.82, 2.24) is 4.72 Å². The number of hydrogen-bond acceptors (Lipinski definition) is 4. The van der Waals surface area contributed by atoms with Gasteiger partial charge in [0.25, 0.3) is 0 Å². The molecule has 2 rings (SSSR count). The van der Waals surface area contributed by atoms with Crippen LogP contribution in [0.4, 0.5) is 0 Å². The Labute approximate surface area is 124 Å². The maximum atomic E-state index is 11.9. The molecule has 0 fully saturated rings.